The van der Waals surface area contributed by atoms with Gasteiger partial charge in [-0.1, -0.05) is 0 Å². The van der Waals surface area contributed by atoms with Crippen molar-refractivity contribution in [3.05, 3.63) is 49.7 Å². The quantitative estimate of drug-likeness (QED) is 0.744. The Morgan fingerprint density at radius 3 is 2.56 bits per heavy atom. The van der Waals surface area contributed by atoms with E-state index in [0.29, 0.717) is 18.0 Å². The summed E-state index contributed by atoms with van der Waals surface area (Å²) < 4.78 is 11.8. The second kappa shape index (κ2) is 6.64. The molecule has 0 fully saturated rings. The summed E-state index contributed by atoms with van der Waals surface area (Å²) in [6.07, 6.45) is 0.748. The Kier molecular flexibility index (Phi) is 4.54. The van der Waals surface area contributed by atoms with Crippen LogP contribution in [0.2, 0.25) is 0 Å². The highest BCUT2D eigenvalue weighted by molar-refractivity contribution is 5.52. The topological polar surface area (TPSA) is 106 Å². The first-order chi connectivity index (χ1) is 12.0. The molecular formula is C17H21N3O5. The molecule has 8 nitrogen and oxygen atoms in total. The van der Waals surface area contributed by atoms with Crippen LogP contribution in [0.15, 0.2) is 21.7 Å². The number of methoxy groups -OCH3 is 2. The number of H-pyrrole nitrogens is 1. The summed E-state index contributed by atoms with van der Waals surface area (Å²) in [7, 11) is 3.10. The van der Waals surface area contributed by atoms with Gasteiger partial charge in [0.25, 0.3) is 5.56 Å². The average molecular weight is 347 g/mol. The molecule has 1 aliphatic heterocycles. The number of benzene rings is 1. The number of hydrogen-bond donors (Lipinski definition) is 3. The number of nitrogens with one attached hydrogen (secondary N) is 2. The lowest BCUT2D eigenvalue weighted by Gasteiger charge is -2.28. The molecule has 0 amide bonds. The Labute approximate surface area is 144 Å². The van der Waals surface area contributed by atoms with Gasteiger partial charge in [0.2, 0.25) is 5.88 Å². The van der Waals surface area contributed by atoms with Crippen LogP contribution in [-0.2, 0) is 13.0 Å². The molecule has 25 heavy (non-hydrogen) atoms. The fourth-order valence-electron chi connectivity index (χ4n) is 3.27. The molecule has 1 atom stereocenters. The molecule has 3 N–H and O–H groups in total. The van der Waals surface area contributed by atoms with Crippen molar-refractivity contribution < 1.29 is 14.6 Å². The highest BCUT2D eigenvalue weighted by atomic mass is 16.5. The number of fused-ring (bicyclic) bond motifs is 1. The summed E-state index contributed by atoms with van der Waals surface area (Å²) in [4.78, 5) is 26.5. The molecule has 3 rings (SSSR count). The van der Waals surface area contributed by atoms with E-state index in [1.54, 1.807) is 20.1 Å². The third-order valence-corrected chi connectivity index (χ3v) is 4.51. The summed E-state index contributed by atoms with van der Waals surface area (Å²) in [5.41, 5.74) is 0.694. The summed E-state index contributed by atoms with van der Waals surface area (Å²) in [5, 5.41) is 13.7. The van der Waals surface area contributed by atoms with Crippen LogP contribution in [-0.4, -0.2) is 35.4 Å². The first-order valence-electron chi connectivity index (χ1n) is 8.05. The van der Waals surface area contributed by atoms with E-state index in [2.05, 4.69) is 10.3 Å². The minimum atomic E-state index is -0.628. The van der Waals surface area contributed by atoms with Crippen molar-refractivity contribution in [1.29, 1.82) is 0 Å². The third-order valence-electron chi connectivity index (χ3n) is 4.51. The van der Waals surface area contributed by atoms with Crippen molar-refractivity contribution in [2.24, 2.45) is 0 Å². The SMILES string of the molecule is CCn1c(O)c(C2NCCc3cc(OC)c(OC)cc32)c(=O)[nH]c1=O. The van der Waals surface area contributed by atoms with Crippen LogP contribution in [0.5, 0.6) is 17.4 Å². The molecular weight excluding hydrogens is 326 g/mol. The van der Waals surface area contributed by atoms with Crippen molar-refractivity contribution in [2.75, 3.05) is 20.8 Å². The van der Waals surface area contributed by atoms with Crippen molar-refractivity contribution in [2.45, 2.75) is 25.9 Å². The van der Waals surface area contributed by atoms with E-state index in [9.17, 15) is 14.7 Å². The van der Waals surface area contributed by atoms with Crippen molar-refractivity contribution in [3.8, 4) is 17.4 Å². The lowest BCUT2D eigenvalue weighted by molar-refractivity contribution is 0.352. The number of aromatic hydroxyl groups is 1. The van der Waals surface area contributed by atoms with Gasteiger partial charge in [0.1, 0.15) is 0 Å². The summed E-state index contributed by atoms with van der Waals surface area (Å²) in [6, 6.07) is 3.12. The van der Waals surface area contributed by atoms with Crippen LogP contribution in [0, 0.1) is 0 Å². The summed E-state index contributed by atoms with van der Waals surface area (Å²) in [5.74, 6) is 0.824. The molecule has 0 spiro atoms. The molecule has 0 radical (unpaired) electrons. The molecule has 134 valence electrons. The second-order valence-electron chi connectivity index (χ2n) is 5.78. The van der Waals surface area contributed by atoms with Gasteiger partial charge in [-0.15, -0.1) is 0 Å². The van der Waals surface area contributed by atoms with Gasteiger partial charge in [0.05, 0.1) is 25.8 Å². The Hall–Kier alpha value is -2.74. The molecule has 2 heterocycles. The zero-order valence-electron chi connectivity index (χ0n) is 14.4. The highest BCUT2D eigenvalue weighted by Crippen LogP contribution is 2.38. The first-order valence-corrected chi connectivity index (χ1v) is 8.05. The zero-order chi connectivity index (χ0) is 18.1. The fraction of sp³-hybridized carbons (Fsp3) is 0.412. The number of ether oxygens (including phenoxy) is 2. The normalized spacial score (nSPS) is 16.4. The highest BCUT2D eigenvalue weighted by Gasteiger charge is 2.29. The molecule has 8 heteroatoms. The minimum Gasteiger partial charge on any atom is -0.494 e. The molecule has 0 saturated carbocycles. The molecule has 0 bridgehead atoms. The Morgan fingerprint density at radius 2 is 1.92 bits per heavy atom. The number of nitrogens with zero attached hydrogens (tertiary/aromatic N) is 1. The first kappa shape index (κ1) is 17.1. The maximum absolute atomic E-state index is 12.4. The number of aromatic nitrogens is 2. The van der Waals surface area contributed by atoms with Crippen LogP contribution < -0.4 is 26.0 Å². The minimum absolute atomic E-state index is 0.120. The standard InChI is InChI=1S/C17H21N3O5/c1-4-20-16(22)13(15(21)19-17(20)23)14-10-8-12(25-3)11(24-2)7-9(10)5-6-18-14/h7-8,14,18,22H,4-6H2,1-3H3,(H,19,21,23). The lowest BCUT2D eigenvalue weighted by atomic mass is 9.90. The van der Waals surface area contributed by atoms with E-state index in [1.165, 1.54) is 7.11 Å². The summed E-state index contributed by atoms with van der Waals surface area (Å²) in [6.45, 7) is 2.59. The van der Waals surface area contributed by atoms with Gasteiger partial charge < -0.3 is 19.9 Å². The van der Waals surface area contributed by atoms with E-state index in [4.69, 9.17) is 9.47 Å². The maximum Gasteiger partial charge on any atom is 0.331 e. The average Bonchev–Trinajstić information content (AvgIpc) is 2.60. The molecule has 1 unspecified atom stereocenters. The van der Waals surface area contributed by atoms with Gasteiger partial charge in [-0.2, -0.15) is 0 Å². The third kappa shape index (κ3) is 2.78. The van der Waals surface area contributed by atoms with Crippen molar-refractivity contribution in [3.63, 3.8) is 0 Å². The monoisotopic (exact) mass is 347 g/mol. The molecule has 1 aromatic heterocycles. The predicted molar refractivity (Wildman–Crippen MR) is 91.8 cm³/mol. The van der Waals surface area contributed by atoms with Gasteiger partial charge in [0, 0.05) is 13.1 Å². The maximum atomic E-state index is 12.4. The molecule has 1 aromatic carbocycles. The largest absolute Gasteiger partial charge is 0.494 e. The fourth-order valence-corrected chi connectivity index (χ4v) is 3.27. The van der Waals surface area contributed by atoms with E-state index in [0.717, 1.165) is 22.1 Å². The zero-order valence-corrected chi connectivity index (χ0v) is 14.4. The Bertz CT molecular complexity index is 916. The van der Waals surface area contributed by atoms with Crippen molar-refractivity contribution >= 4 is 0 Å². The van der Waals surface area contributed by atoms with E-state index in [-0.39, 0.29) is 18.0 Å². The summed E-state index contributed by atoms with van der Waals surface area (Å²) >= 11 is 0. The molecule has 0 aliphatic carbocycles. The molecule has 2 aromatic rings. The van der Waals surface area contributed by atoms with Gasteiger partial charge in [-0.3, -0.25) is 14.3 Å². The number of rotatable bonds is 4. The molecule has 1 aliphatic rings. The van der Waals surface area contributed by atoms with Crippen LogP contribution in [0.25, 0.3) is 0 Å². The van der Waals surface area contributed by atoms with E-state index in [1.807, 2.05) is 6.07 Å². The van der Waals surface area contributed by atoms with Crippen LogP contribution in [0.4, 0.5) is 0 Å². The number of hydrogen-bond acceptors (Lipinski definition) is 6. The van der Waals surface area contributed by atoms with Gasteiger partial charge in [0.15, 0.2) is 11.5 Å². The van der Waals surface area contributed by atoms with Gasteiger partial charge >= 0.3 is 5.69 Å². The second-order valence-corrected chi connectivity index (χ2v) is 5.78. The van der Waals surface area contributed by atoms with E-state index >= 15 is 0 Å². The lowest BCUT2D eigenvalue weighted by Crippen LogP contribution is -2.38. The Morgan fingerprint density at radius 1 is 1.24 bits per heavy atom. The predicted octanol–water partition coefficient (Wildman–Crippen LogP) is 0.514. The van der Waals surface area contributed by atoms with Gasteiger partial charge in [-0.05, 0) is 36.6 Å². The van der Waals surface area contributed by atoms with Crippen molar-refractivity contribution in [1.82, 2.24) is 14.9 Å². The Balaban J connectivity index is 2.23. The number of aromatic amines is 1. The van der Waals surface area contributed by atoms with Gasteiger partial charge in [-0.25, -0.2) is 4.79 Å². The van der Waals surface area contributed by atoms with Crippen LogP contribution in [0.1, 0.15) is 29.7 Å². The smallest absolute Gasteiger partial charge is 0.331 e. The van der Waals surface area contributed by atoms with Crippen LogP contribution >= 0.6 is 0 Å². The van der Waals surface area contributed by atoms with Crippen LogP contribution in [0.3, 0.4) is 0 Å². The molecule has 0 saturated heterocycles. The van der Waals surface area contributed by atoms with E-state index < -0.39 is 17.3 Å².